The Morgan fingerprint density at radius 1 is 1.38 bits per heavy atom. The predicted octanol–water partition coefficient (Wildman–Crippen LogP) is 1.69. The molecule has 0 aliphatic heterocycles. The summed E-state index contributed by atoms with van der Waals surface area (Å²) in [6.07, 6.45) is -0.668. The molecule has 0 aliphatic carbocycles. The maximum atomic E-state index is 10.7. The Hall–Kier alpha value is -1.20. The second kappa shape index (κ2) is 5.45. The normalized spacial score (nSPS) is 9.31. The van der Waals surface area contributed by atoms with E-state index in [1.54, 1.807) is 0 Å². The quantitative estimate of drug-likeness (QED) is 0.442. The highest BCUT2D eigenvalue weighted by molar-refractivity contribution is 7.75. The average molecular weight is 199 g/mol. The first-order valence-corrected chi connectivity index (χ1v) is 3.96. The van der Waals surface area contributed by atoms with Crippen molar-refractivity contribution in [3.63, 3.8) is 0 Å². The Morgan fingerprint density at radius 2 is 2.08 bits per heavy atom. The lowest BCUT2D eigenvalue weighted by Crippen LogP contribution is -2.20. The molecular weight excluding hydrogens is 190 g/mol. The third-order valence-corrected chi connectivity index (χ3v) is 1.43. The minimum absolute atomic E-state index is 0.212. The number of benzene rings is 1. The molecule has 0 bridgehead atoms. The third kappa shape index (κ3) is 3.82. The second-order valence-corrected chi connectivity index (χ2v) is 2.44. The fourth-order valence-corrected chi connectivity index (χ4v) is 0.864. The summed E-state index contributed by atoms with van der Waals surface area (Å²) in [6.45, 7) is 0.212. The van der Waals surface area contributed by atoms with Crippen LogP contribution in [0, 0.1) is 0 Å². The van der Waals surface area contributed by atoms with Crippen molar-refractivity contribution in [3.8, 4) is 0 Å². The highest BCUT2D eigenvalue weighted by atomic mass is 32.1. The first-order valence-electron chi connectivity index (χ1n) is 3.60. The summed E-state index contributed by atoms with van der Waals surface area (Å²) in [5.74, 6) is 0. The van der Waals surface area contributed by atoms with Crippen LogP contribution in [-0.2, 0) is 15.6 Å². The Labute approximate surface area is 81.4 Å². The Balaban J connectivity index is 2.31. The van der Waals surface area contributed by atoms with Gasteiger partial charge in [0.25, 0.3) is 0 Å². The third-order valence-electron chi connectivity index (χ3n) is 1.34. The standard InChI is InChI=1S/C8H9NO3S/c10-8(9-12-13)11-6-7-4-2-1-3-5-7/h1-5,13H,6H2,(H,9,10). The summed E-state index contributed by atoms with van der Waals surface area (Å²) in [7, 11) is 0. The zero-order valence-corrected chi connectivity index (χ0v) is 7.66. The molecule has 13 heavy (non-hydrogen) atoms. The Bertz CT molecular complexity index is 265. The first kappa shape index (κ1) is 9.88. The second-order valence-electron chi connectivity index (χ2n) is 2.26. The van der Waals surface area contributed by atoms with E-state index in [2.05, 4.69) is 17.2 Å². The van der Waals surface area contributed by atoms with E-state index in [4.69, 9.17) is 4.74 Å². The van der Waals surface area contributed by atoms with Gasteiger partial charge < -0.3 is 4.74 Å². The summed E-state index contributed by atoms with van der Waals surface area (Å²) < 4.78 is 8.81. The minimum Gasteiger partial charge on any atom is -0.443 e. The van der Waals surface area contributed by atoms with Gasteiger partial charge in [0.15, 0.2) is 0 Å². The fourth-order valence-electron chi connectivity index (χ4n) is 0.790. The fraction of sp³-hybridized carbons (Fsp3) is 0.125. The van der Waals surface area contributed by atoms with E-state index in [1.807, 2.05) is 35.8 Å². The molecule has 1 rings (SSSR count). The lowest BCUT2D eigenvalue weighted by atomic mass is 10.2. The average Bonchev–Trinajstić information content (AvgIpc) is 2.17. The van der Waals surface area contributed by atoms with Gasteiger partial charge in [0.1, 0.15) is 6.61 Å². The number of hydrogen-bond donors (Lipinski definition) is 2. The zero-order chi connectivity index (χ0) is 9.52. The molecule has 0 heterocycles. The molecule has 1 aromatic carbocycles. The van der Waals surface area contributed by atoms with E-state index in [1.165, 1.54) is 0 Å². The van der Waals surface area contributed by atoms with Gasteiger partial charge >= 0.3 is 6.09 Å². The molecule has 0 saturated carbocycles. The van der Waals surface area contributed by atoms with Crippen molar-refractivity contribution in [2.75, 3.05) is 0 Å². The molecule has 0 atom stereocenters. The number of nitrogens with one attached hydrogen (secondary N) is 1. The number of amides is 1. The molecule has 0 saturated heterocycles. The number of hydroxylamine groups is 1. The van der Waals surface area contributed by atoms with Crippen molar-refractivity contribution >= 4 is 19.0 Å². The van der Waals surface area contributed by atoms with E-state index in [9.17, 15) is 4.79 Å². The topological polar surface area (TPSA) is 47.6 Å². The van der Waals surface area contributed by atoms with E-state index < -0.39 is 6.09 Å². The van der Waals surface area contributed by atoms with Crippen molar-refractivity contribution in [1.82, 2.24) is 5.48 Å². The summed E-state index contributed by atoms with van der Waals surface area (Å²) in [6, 6.07) is 9.33. The van der Waals surface area contributed by atoms with Crippen LogP contribution in [0.15, 0.2) is 30.3 Å². The summed E-state index contributed by atoms with van der Waals surface area (Å²) in [4.78, 5) is 10.7. The SMILES string of the molecule is O=C(NOS)OCc1ccccc1. The van der Waals surface area contributed by atoms with Crippen LogP contribution in [0.3, 0.4) is 0 Å². The molecule has 70 valence electrons. The largest absolute Gasteiger partial charge is 0.443 e. The van der Waals surface area contributed by atoms with Crippen LogP contribution in [0.2, 0.25) is 0 Å². The molecular formula is C8H9NO3S. The van der Waals surface area contributed by atoms with Crippen LogP contribution in [0.4, 0.5) is 4.79 Å². The maximum Gasteiger partial charge on any atom is 0.432 e. The van der Waals surface area contributed by atoms with Crippen molar-refractivity contribution in [1.29, 1.82) is 0 Å². The van der Waals surface area contributed by atoms with Crippen molar-refractivity contribution in [2.24, 2.45) is 0 Å². The van der Waals surface area contributed by atoms with E-state index in [0.717, 1.165) is 5.56 Å². The van der Waals surface area contributed by atoms with Gasteiger partial charge in [0.05, 0.1) is 0 Å². The van der Waals surface area contributed by atoms with Crippen LogP contribution >= 0.6 is 12.9 Å². The van der Waals surface area contributed by atoms with Crippen LogP contribution in [0.5, 0.6) is 0 Å². The van der Waals surface area contributed by atoms with Crippen molar-refractivity contribution < 1.29 is 13.8 Å². The molecule has 0 aromatic heterocycles. The molecule has 0 aliphatic rings. The van der Waals surface area contributed by atoms with Gasteiger partial charge in [-0.3, -0.25) is 0 Å². The number of thiol groups is 1. The first-order chi connectivity index (χ1) is 6.33. The molecule has 0 radical (unpaired) electrons. The molecule has 0 fully saturated rings. The molecule has 4 nitrogen and oxygen atoms in total. The van der Waals surface area contributed by atoms with Crippen LogP contribution < -0.4 is 5.48 Å². The van der Waals surface area contributed by atoms with Gasteiger partial charge in [0.2, 0.25) is 0 Å². The van der Waals surface area contributed by atoms with Crippen molar-refractivity contribution in [3.05, 3.63) is 35.9 Å². The molecule has 0 unspecified atom stereocenters. The smallest absolute Gasteiger partial charge is 0.432 e. The van der Waals surface area contributed by atoms with Crippen LogP contribution in [-0.4, -0.2) is 6.09 Å². The monoisotopic (exact) mass is 199 g/mol. The molecule has 1 N–H and O–H groups in total. The highest BCUT2D eigenvalue weighted by Crippen LogP contribution is 2.00. The molecule has 1 amide bonds. The van der Waals surface area contributed by atoms with E-state index in [-0.39, 0.29) is 6.61 Å². The lowest BCUT2D eigenvalue weighted by molar-refractivity contribution is 0.104. The van der Waals surface area contributed by atoms with Gasteiger partial charge in [0, 0.05) is 12.9 Å². The molecule has 5 heteroatoms. The van der Waals surface area contributed by atoms with Crippen molar-refractivity contribution in [2.45, 2.75) is 6.61 Å². The number of rotatable bonds is 3. The van der Waals surface area contributed by atoms with E-state index in [0.29, 0.717) is 0 Å². The van der Waals surface area contributed by atoms with E-state index >= 15 is 0 Å². The zero-order valence-electron chi connectivity index (χ0n) is 6.77. The van der Waals surface area contributed by atoms with Gasteiger partial charge in [-0.15, -0.1) is 0 Å². The highest BCUT2D eigenvalue weighted by Gasteiger charge is 2.00. The summed E-state index contributed by atoms with van der Waals surface area (Å²) in [5.41, 5.74) is 2.83. The summed E-state index contributed by atoms with van der Waals surface area (Å²) >= 11 is 3.33. The minimum atomic E-state index is -0.668. The van der Waals surface area contributed by atoms with Gasteiger partial charge in [-0.1, -0.05) is 30.3 Å². The Morgan fingerprint density at radius 3 is 2.69 bits per heavy atom. The molecule has 1 aromatic rings. The van der Waals surface area contributed by atoms with Crippen LogP contribution in [0.25, 0.3) is 0 Å². The number of carbonyl (C=O) groups is 1. The Kier molecular flexibility index (Phi) is 4.14. The van der Waals surface area contributed by atoms with Gasteiger partial charge in [-0.25, -0.2) is 9.08 Å². The predicted molar refractivity (Wildman–Crippen MR) is 49.8 cm³/mol. The maximum absolute atomic E-state index is 10.7. The molecule has 0 spiro atoms. The lowest BCUT2D eigenvalue weighted by Gasteiger charge is -2.03. The number of ether oxygens (including phenoxy) is 1. The van der Waals surface area contributed by atoms with Gasteiger partial charge in [-0.05, 0) is 5.56 Å². The van der Waals surface area contributed by atoms with Gasteiger partial charge in [-0.2, -0.15) is 5.48 Å². The van der Waals surface area contributed by atoms with Crippen LogP contribution in [0.1, 0.15) is 5.56 Å². The number of hydrogen-bond acceptors (Lipinski definition) is 4. The number of carbonyl (C=O) groups excluding carboxylic acids is 1. The summed E-state index contributed by atoms with van der Waals surface area (Å²) in [5, 5.41) is 0.